The molecule has 0 bridgehead atoms. The van der Waals surface area contributed by atoms with Gasteiger partial charge in [-0.25, -0.2) is 13.6 Å². The highest BCUT2D eigenvalue weighted by molar-refractivity contribution is 7.89. The van der Waals surface area contributed by atoms with Gasteiger partial charge in [-0.2, -0.15) is 0 Å². The Balaban J connectivity index is 2.98. The minimum Gasteiger partial charge on any atom is -0.489 e. The van der Waals surface area contributed by atoms with Crippen LogP contribution in [-0.2, 0) is 10.0 Å². The zero-order chi connectivity index (χ0) is 13.9. The van der Waals surface area contributed by atoms with Crippen LogP contribution < -0.4 is 15.6 Å². The maximum Gasteiger partial charge on any atom is 0.240 e. The molecule has 4 N–H and O–H groups in total. The number of hydrogen-bond donors (Lipinski definition) is 2. The number of para-hydroxylation sites is 1. The molecule has 1 aromatic rings. The fourth-order valence-electron chi connectivity index (χ4n) is 1.80. The Morgan fingerprint density at radius 2 is 1.89 bits per heavy atom. The van der Waals surface area contributed by atoms with E-state index in [2.05, 4.69) is 13.8 Å². The molecule has 1 aromatic carbocycles. The smallest absolute Gasteiger partial charge is 0.240 e. The summed E-state index contributed by atoms with van der Waals surface area (Å²) in [4.78, 5) is -0.100. The number of primary sulfonamides is 1. The minimum atomic E-state index is -3.82. The third-order valence-corrected chi connectivity index (χ3v) is 3.43. The number of hydrogen-bond acceptors (Lipinski definition) is 4. The van der Waals surface area contributed by atoms with Crippen LogP contribution in [0.5, 0.6) is 5.75 Å². The highest BCUT2D eigenvalue weighted by Gasteiger charge is 2.17. The molecule has 102 valence electrons. The lowest BCUT2D eigenvalue weighted by molar-refractivity contribution is 0.194. The van der Waals surface area contributed by atoms with E-state index in [0.717, 1.165) is 6.42 Å². The topological polar surface area (TPSA) is 95.4 Å². The molecule has 18 heavy (non-hydrogen) atoms. The van der Waals surface area contributed by atoms with Gasteiger partial charge in [0.25, 0.3) is 0 Å². The Morgan fingerprint density at radius 1 is 1.28 bits per heavy atom. The number of rotatable bonds is 5. The number of sulfonamides is 1. The normalized spacial score (nSPS) is 13.6. The SMILES string of the molecule is CC(C)CC(C)Oc1cccc(S(N)(=O)=O)c1N. The van der Waals surface area contributed by atoms with Crippen molar-refractivity contribution in [1.82, 2.24) is 0 Å². The maximum absolute atomic E-state index is 11.3. The molecule has 0 fully saturated rings. The molecular weight excluding hydrogens is 252 g/mol. The minimum absolute atomic E-state index is 0.0389. The van der Waals surface area contributed by atoms with Crippen molar-refractivity contribution in [3.63, 3.8) is 0 Å². The average molecular weight is 272 g/mol. The second-order valence-electron chi connectivity index (χ2n) is 4.77. The highest BCUT2D eigenvalue weighted by atomic mass is 32.2. The largest absolute Gasteiger partial charge is 0.489 e. The molecule has 1 rings (SSSR count). The van der Waals surface area contributed by atoms with E-state index < -0.39 is 10.0 Å². The van der Waals surface area contributed by atoms with Gasteiger partial charge >= 0.3 is 0 Å². The summed E-state index contributed by atoms with van der Waals surface area (Å²) < 4.78 is 28.3. The van der Waals surface area contributed by atoms with Crippen molar-refractivity contribution >= 4 is 15.7 Å². The number of benzene rings is 1. The van der Waals surface area contributed by atoms with Crippen LogP contribution in [0.15, 0.2) is 23.1 Å². The van der Waals surface area contributed by atoms with Crippen LogP contribution in [0.25, 0.3) is 0 Å². The summed E-state index contributed by atoms with van der Waals surface area (Å²) in [7, 11) is -3.82. The van der Waals surface area contributed by atoms with Gasteiger partial charge in [-0.15, -0.1) is 0 Å². The van der Waals surface area contributed by atoms with Crippen molar-refractivity contribution in [2.24, 2.45) is 11.1 Å². The van der Waals surface area contributed by atoms with Crippen molar-refractivity contribution in [2.75, 3.05) is 5.73 Å². The molecule has 1 atom stereocenters. The summed E-state index contributed by atoms with van der Waals surface area (Å²) in [6, 6.07) is 4.57. The van der Waals surface area contributed by atoms with Crippen molar-refractivity contribution in [2.45, 2.75) is 38.2 Å². The fraction of sp³-hybridized carbons (Fsp3) is 0.500. The van der Waals surface area contributed by atoms with E-state index in [1.807, 2.05) is 6.92 Å². The molecule has 0 aromatic heterocycles. The standard InChI is InChI=1S/C12H20N2O3S/c1-8(2)7-9(3)17-10-5-4-6-11(12(10)13)18(14,15)16/h4-6,8-9H,7,13H2,1-3H3,(H2,14,15,16). The number of nitrogens with two attached hydrogens (primary N) is 2. The number of ether oxygens (including phenoxy) is 1. The van der Waals surface area contributed by atoms with Crippen LogP contribution in [0.4, 0.5) is 5.69 Å². The number of nitrogen functional groups attached to an aromatic ring is 1. The zero-order valence-corrected chi connectivity index (χ0v) is 11.7. The molecule has 6 heteroatoms. The molecule has 0 saturated carbocycles. The van der Waals surface area contributed by atoms with Gasteiger partial charge in [0, 0.05) is 0 Å². The third kappa shape index (κ3) is 3.89. The van der Waals surface area contributed by atoms with E-state index in [4.69, 9.17) is 15.6 Å². The summed E-state index contributed by atoms with van der Waals surface area (Å²) in [5, 5.41) is 5.07. The second kappa shape index (κ2) is 5.58. The van der Waals surface area contributed by atoms with Crippen molar-refractivity contribution in [1.29, 1.82) is 0 Å². The van der Waals surface area contributed by atoms with E-state index in [9.17, 15) is 8.42 Å². The first-order valence-electron chi connectivity index (χ1n) is 5.79. The van der Waals surface area contributed by atoms with Gasteiger partial charge in [0.1, 0.15) is 10.6 Å². The maximum atomic E-state index is 11.3. The summed E-state index contributed by atoms with van der Waals surface area (Å²) in [6.07, 6.45) is 0.821. The first-order valence-corrected chi connectivity index (χ1v) is 7.34. The lowest BCUT2D eigenvalue weighted by atomic mass is 10.1. The van der Waals surface area contributed by atoms with Crippen LogP contribution in [0.1, 0.15) is 27.2 Å². The lowest BCUT2D eigenvalue weighted by Crippen LogP contribution is -2.18. The van der Waals surface area contributed by atoms with E-state index in [1.165, 1.54) is 6.07 Å². The summed E-state index contributed by atoms with van der Waals surface area (Å²) in [5.74, 6) is 0.845. The molecule has 5 nitrogen and oxygen atoms in total. The molecule has 1 unspecified atom stereocenters. The molecule has 0 spiro atoms. The highest BCUT2D eigenvalue weighted by Crippen LogP contribution is 2.29. The molecule has 0 heterocycles. The van der Waals surface area contributed by atoms with Gasteiger partial charge in [-0.3, -0.25) is 0 Å². The first-order chi connectivity index (χ1) is 8.21. The molecule has 0 radical (unpaired) electrons. The van der Waals surface area contributed by atoms with Crippen LogP contribution in [0.3, 0.4) is 0 Å². The molecule has 0 saturated heterocycles. The van der Waals surface area contributed by atoms with Crippen LogP contribution in [0, 0.1) is 5.92 Å². The van der Waals surface area contributed by atoms with Gasteiger partial charge in [-0.1, -0.05) is 19.9 Å². The van der Waals surface area contributed by atoms with Crippen LogP contribution in [-0.4, -0.2) is 14.5 Å². The van der Waals surface area contributed by atoms with Crippen molar-refractivity contribution < 1.29 is 13.2 Å². The average Bonchev–Trinajstić information content (AvgIpc) is 2.18. The van der Waals surface area contributed by atoms with Crippen molar-refractivity contribution in [3.8, 4) is 5.75 Å². The van der Waals surface area contributed by atoms with Gasteiger partial charge < -0.3 is 10.5 Å². The molecule has 0 aliphatic carbocycles. The molecule has 0 aliphatic rings. The van der Waals surface area contributed by atoms with Gasteiger partial charge in [0.2, 0.25) is 10.0 Å². The quantitative estimate of drug-likeness (QED) is 0.798. The zero-order valence-electron chi connectivity index (χ0n) is 10.9. The van der Waals surface area contributed by atoms with E-state index in [1.54, 1.807) is 12.1 Å². The van der Waals surface area contributed by atoms with E-state index >= 15 is 0 Å². The monoisotopic (exact) mass is 272 g/mol. The third-order valence-electron chi connectivity index (χ3n) is 2.46. The van der Waals surface area contributed by atoms with E-state index in [-0.39, 0.29) is 16.7 Å². The Hall–Kier alpha value is -1.27. The molecular formula is C12H20N2O3S. The molecule has 0 amide bonds. The molecule has 0 aliphatic heterocycles. The Morgan fingerprint density at radius 3 is 2.39 bits per heavy atom. The van der Waals surface area contributed by atoms with Gasteiger partial charge in [0.05, 0.1) is 11.8 Å². The fourth-order valence-corrected chi connectivity index (χ4v) is 2.48. The Kier molecular flexibility index (Phi) is 4.59. The summed E-state index contributed by atoms with van der Waals surface area (Å²) >= 11 is 0. The predicted molar refractivity (Wildman–Crippen MR) is 71.8 cm³/mol. The van der Waals surface area contributed by atoms with Gasteiger partial charge in [0.15, 0.2) is 0 Å². The van der Waals surface area contributed by atoms with Crippen LogP contribution in [0.2, 0.25) is 0 Å². The van der Waals surface area contributed by atoms with Crippen LogP contribution >= 0.6 is 0 Å². The summed E-state index contributed by atoms with van der Waals surface area (Å²) in [6.45, 7) is 6.09. The first kappa shape index (κ1) is 14.8. The Labute approximate surface area is 108 Å². The van der Waals surface area contributed by atoms with Gasteiger partial charge in [-0.05, 0) is 31.4 Å². The number of anilines is 1. The lowest BCUT2D eigenvalue weighted by Gasteiger charge is -2.18. The predicted octanol–water partition coefficient (Wildman–Crippen LogP) is 1.73. The van der Waals surface area contributed by atoms with E-state index in [0.29, 0.717) is 11.7 Å². The summed E-state index contributed by atoms with van der Waals surface area (Å²) in [5.41, 5.74) is 5.83. The van der Waals surface area contributed by atoms with Crippen molar-refractivity contribution in [3.05, 3.63) is 18.2 Å². The second-order valence-corrected chi connectivity index (χ2v) is 6.30. The Bertz CT molecular complexity index is 512.